The molecule has 0 unspecified atom stereocenters. The minimum atomic E-state index is -4.37. The summed E-state index contributed by atoms with van der Waals surface area (Å²) in [6.45, 7) is 1.96. The van der Waals surface area contributed by atoms with Crippen LogP contribution in [0, 0.1) is 5.82 Å². The summed E-state index contributed by atoms with van der Waals surface area (Å²) in [5, 5.41) is 0. The standard InChI is InChI=1S/C16H14F4S/c1-2-4-11-7-8-14(10-15(11)17)21-13-6-3-5-12(9-13)16(18,19)20/h3,5-10H,2,4H2,1H3. The molecule has 0 aliphatic heterocycles. The van der Waals surface area contributed by atoms with E-state index in [0.717, 1.165) is 30.3 Å². The first kappa shape index (κ1) is 15.9. The van der Waals surface area contributed by atoms with E-state index in [4.69, 9.17) is 0 Å². The van der Waals surface area contributed by atoms with Crippen LogP contribution in [0.3, 0.4) is 0 Å². The largest absolute Gasteiger partial charge is 0.416 e. The summed E-state index contributed by atoms with van der Waals surface area (Å²) in [6, 6.07) is 9.83. The summed E-state index contributed by atoms with van der Waals surface area (Å²) in [5.74, 6) is -0.311. The lowest BCUT2D eigenvalue weighted by Crippen LogP contribution is -2.04. The highest BCUT2D eigenvalue weighted by Gasteiger charge is 2.30. The van der Waals surface area contributed by atoms with E-state index in [0.29, 0.717) is 21.8 Å². The van der Waals surface area contributed by atoms with E-state index in [9.17, 15) is 17.6 Å². The van der Waals surface area contributed by atoms with Crippen molar-refractivity contribution in [3.05, 3.63) is 59.4 Å². The Kier molecular flexibility index (Phi) is 4.93. The van der Waals surface area contributed by atoms with Gasteiger partial charge in [-0.2, -0.15) is 13.2 Å². The van der Waals surface area contributed by atoms with Gasteiger partial charge in [0.15, 0.2) is 0 Å². The lowest BCUT2D eigenvalue weighted by Gasteiger charge is -2.09. The molecule has 21 heavy (non-hydrogen) atoms. The summed E-state index contributed by atoms with van der Waals surface area (Å²) < 4.78 is 51.7. The van der Waals surface area contributed by atoms with Crippen molar-refractivity contribution in [3.8, 4) is 0 Å². The van der Waals surface area contributed by atoms with Gasteiger partial charge in [-0.05, 0) is 42.3 Å². The van der Waals surface area contributed by atoms with Crippen LogP contribution in [-0.2, 0) is 12.6 Å². The maximum absolute atomic E-state index is 13.8. The third-order valence-corrected chi connectivity index (χ3v) is 3.92. The SMILES string of the molecule is CCCc1ccc(Sc2cccc(C(F)(F)F)c2)cc1F. The molecule has 0 atom stereocenters. The number of alkyl halides is 3. The van der Waals surface area contributed by atoms with Gasteiger partial charge in [0.25, 0.3) is 0 Å². The lowest BCUT2D eigenvalue weighted by atomic mass is 10.1. The molecule has 0 saturated carbocycles. The first-order chi connectivity index (χ1) is 9.90. The number of rotatable bonds is 4. The van der Waals surface area contributed by atoms with E-state index < -0.39 is 11.7 Å². The Morgan fingerprint density at radius 3 is 2.33 bits per heavy atom. The summed E-state index contributed by atoms with van der Waals surface area (Å²) in [4.78, 5) is 1.03. The van der Waals surface area contributed by atoms with Crippen LogP contribution < -0.4 is 0 Å². The van der Waals surface area contributed by atoms with E-state index in [1.807, 2.05) is 6.92 Å². The number of benzene rings is 2. The zero-order valence-corrected chi connectivity index (χ0v) is 12.2. The van der Waals surface area contributed by atoms with Crippen molar-refractivity contribution >= 4 is 11.8 Å². The minimum Gasteiger partial charge on any atom is -0.207 e. The average molecular weight is 314 g/mol. The Morgan fingerprint density at radius 1 is 1.00 bits per heavy atom. The molecule has 2 aromatic rings. The Hall–Kier alpha value is -1.49. The molecule has 0 bridgehead atoms. The number of halogens is 4. The van der Waals surface area contributed by atoms with Crippen LogP contribution in [0.25, 0.3) is 0 Å². The van der Waals surface area contributed by atoms with Crippen LogP contribution in [0.4, 0.5) is 17.6 Å². The van der Waals surface area contributed by atoms with Crippen molar-refractivity contribution < 1.29 is 17.6 Å². The van der Waals surface area contributed by atoms with Gasteiger partial charge < -0.3 is 0 Å². The van der Waals surface area contributed by atoms with Crippen LogP contribution in [0.5, 0.6) is 0 Å². The molecule has 0 radical (unpaired) electrons. The predicted molar refractivity (Wildman–Crippen MR) is 76.0 cm³/mol. The molecule has 0 aliphatic carbocycles. The van der Waals surface area contributed by atoms with Gasteiger partial charge in [0.1, 0.15) is 5.82 Å². The predicted octanol–water partition coefficient (Wildman–Crippen LogP) is 5.95. The first-order valence-electron chi connectivity index (χ1n) is 6.53. The average Bonchev–Trinajstić information content (AvgIpc) is 2.41. The first-order valence-corrected chi connectivity index (χ1v) is 7.35. The van der Waals surface area contributed by atoms with Gasteiger partial charge in [0.2, 0.25) is 0 Å². The maximum Gasteiger partial charge on any atom is 0.416 e. The van der Waals surface area contributed by atoms with Crippen molar-refractivity contribution in [3.63, 3.8) is 0 Å². The van der Waals surface area contributed by atoms with Crippen molar-refractivity contribution in [1.29, 1.82) is 0 Å². The summed E-state index contributed by atoms with van der Waals surface area (Å²) in [6.07, 6.45) is -2.87. The topological polar surface area (TPSA) is 0 Å². The van der Waals surface area contributed by atoms with Crippen LogP contribution in [0.15, 0.2) is 52.3 Å². The molecule has 0 spiro atoms. The molecule has 0 saturated heterocycles. The molecule has 0 N–H and O–H groups in total. The fraction of sp³-hybridized carbons (Fsp3) is 0.250. The quantitative estimate of drug-likeness (QED) is 0.629. The van der Waals surface area contributed by atoms with Crippen molar-refractivity contribution in [2.45, 2.75) is 35.7 Å². The van der Waals surface area contributed by atoms with Gasteiger partial charge in [0.05, 0.1) is 5.56 Å². The highest BCUT2D eigenvalue weighted by Crippen LogP contribution is 2.34. The van der Waals surface area contributed by atoms with Crippen molar-refractivity contribution in [2.75, 3.05) is 0 Å². The Labute approximate surface area is 125 Å². The zero-order chi connectivity index (χ0) is 15.5. The van der Waals surface area contributed by atoms with E-state index in [1.165, 1.54) is 12.1 Å². The molecule has 0 fully saturated rings. The molecule has 0 aromatic heterocycles. The van der Waals surface area contributed by atoms with Crippen LogP contribution in [0.1, 0.15) is 24.5 Å². The fourth-order valence-corrected chi connectivity index (χ4v) is 2.84. The highest BCUT2D eigenvalue weighted by molar-refractivity contribution is 7.99. The summed E-state index contributed by atoms with van der Waals surface area (Å²) in [5.41, 5.74) is -0.0681. The zero-order valence-electron chi connectivity index (χ0n) is 11.4. The molecule has 0 aliphatic rings. The Bertz CT molecular complexity index is 620. The normalized spacial score (nSPS) is 11.7. The van der Waals surface area contributed by atoms with E-state index in [2.05, 4.69) is 0 Å². The molecule has 2 aromatic carbocycles. The van der Waals surface area contributed by atoms with Crippen LogP contribution >= 0.6 is 11.8 Å². The van der Waals surface area contributed by atoms with Gasteiger partial charge in [-0.15, -0.1) is 0 Å². The third-order valence-electron chi connectivity index (χ3n) is 2.94. The molecule has 112 valence electrons. The number of aryl methyl sites for hydroxylation is 1. The van der Waals surface area contributed by atoms with Crippen molar-refractivity contribution in [1.82, 2.24) is 0 Å². The molecular formula is C16H14F4S. The van der Waals surface area contributed by atoms with Gasteiger partial charge in [-0.25, -0.2) is 4.39 Å². The second-order valence-corrected chi connectivity index (χ2v) is 5.78. The highest BCUT2D eigenvalue weighted by atomic mass is 32.2. The van der Waals surface area contributed by atoms with Gasteiger partial charge >= 0.3 is 6.18 Å². The smallest absolute Gasteiger partial charge is 0.207 e. The second-order valence-electron chi connectivity index (χ2n) is 4.63. The fourth-order valence-electron chi connectivity index (χ4n) is 1.94. The van der Waals surface area contributed by atoms with Crippen molar-refractivity contribution in [2.24, 2.45) is 0 Å². The van der Waals surface area contributed by atoms with Crippen LogP contribution in [-0.4, -0.2) is 0 Å². The molecule has 2 rings (SSSR count). The molecule has 0 amide bonds. The number of hydrogen-bond acceptors (Lipinski definition) is 1. The molecule has 0 heterocycles. The third kappa shape index (κ3) is 4.24. The van der Waals surface area contributed by atoms with Crippen LogP contribution in [0.2, 0.25) is 0 Å². The van der Waals surface area contributed by atoms with E-state index >= 15 is 0 Å². The minimum absolute atomic E-state index is 0.311. The van der Waals surface area contributed by atoms with Gasteiger partial charge in [-0.1, -0.05) is 37.2 Å². The van der Waals surface area contributed by atoms with E-state index in [-0.39, 0.29) is 5.82 Å². The van der Waals surface area contributed by atoms with Gasteiger partial charge in [-0.3, -0.25) is 0 Å². The Morgan fingerprint density at radius 2 is 1.71 bits per heavy atom. The molecule has 5 heteroatoms. The lowest BCUT2D eigenvalue weighted by molar-refractivity contribution is -0.137. The molecular weight excluding hydrogens is 300 g/mol. The maximum atomic E-state index is 13.8. The molecule has 0 nitrogen and oxygen atoms in total. The summed E-state index contributed by atoms with van der Waals surface area (Å²) in [7, 11) is 0. The number of hydrogen-bond donors (Lipinski definition) is 0. The van der Waals surface area contributed by atoms with Gasteiger partial charge in [0, 0.05) is 9.79 Å². The van der Waals surface area contributed by atoms with E-state index in [1.54, 1.807) is 18.2 Å². The monoisotopic (exact) mass is 314 g/mol. The Balaban J connectivity index is 2.20. The summed E-state index contributed by atoms with van der Waals surface area (Å²) >= 11 is 1.12. The second kappa shape index (κ2) is 6.52.